The first-order valence-electron chi connectivity index (χ1n) is 10.2. The van der Waals surface area contributed by atoms with Gasteiger partial charge in [0.05, 0.1) is 11.1 Å². The molecule has 0 spiro atoms. The van der Waals surface area contributed by atoms with Gasteiger partial charge in [-0.2, -0.15) is 0 Å². The van der Waals surface area contributed by atoms with Crippen molar-refractivity contribution in [3.63, 3.8) is 0 Å². The highest BCUT2D eigenvalue weighted by Gasteiger charge is 2.51. The van der Waals surface area contributed by atoms with Crippen LogP contribution in [0.3, 0.4) is 0 Å². The summed E-state index contributed by atoms with van der Waals surface area (Å²) in [7, 11) is -2.32. The van der Waals surface area contributed by atoms with Crippen LogP contribution in [0, 0.1) is 0 Å². The van der Waals surface area contributed by atoms with Crippen LogP contribution in [0.1, 0.15) is 20.7 Å². The summed E-state index contributed by atoms with van der Waals surface area (Å²) in [6, 6.07) is 37.9. The molecule has 0 radical (unpaired) electrons. The van der Waals surface area contributed by atoms with Gasteiger partial charge in [0.2, 0.25) is 0 Å². The van der Waals surface area contributed by atoms with Gasteiger partial charge < -0.3 is 0 Å². The number of nitrogens with zero attached hydrogens (tertiary/aromatic N) is 1. The summed E-state index contributed by atoms with van der Waals surface area (Å²) in [6.07, 6.45) is 0.331. The van der Waals surface area contributed by atoms with E-state index in [1.54, 1.807) is 12.1 Å². The summed E-state index contributed by atoms with van der Waals surface area (Å²) in [4.78, 5) is 28.1. The Balaban J connectivity index is 1.74. The minimum Gasteiger partial charge on any atom is -0.268 e. The predicted octanol–water partition coefficient (Wildman–Crippen LogP) is 4.23. The Hall–Kier alpha value is -3.55. The topological polar surface area (TPSA) is 37.4 Å². The molecule has 0 saturated carbocycles. The Labute approximate surface area is 182 Å². The molecule has 0 aliphatic carbocycles. The van der Waals surface area contributed by atoms with Crippen molar-refractivity contribution < 1.29 is 9.59 Å². The third kappa shape index (κ3) is 3.19. The SMILES string of the molecule is O=C1c2ccccc2C(=O)N1C[P+](c1ccccc1)(c1ccccc1)c1ccccc1. The zero-order valence-electron chi connectivity index (χ0n) is 16.9. The number of fused-ring (bicyclic) bond motifs is 1. The van der Waals surface area contributed by atoms with Crippen molar-refractivity contribution >= 4 is 35.0 Å². The summed E-state index contributed by atoms with van der Waals surface area (Å²) in [6.45, 7) is 0. The van der Waals surface area contributed by atoms with Crippen LogP contribution in [0.2, 0.25) is 0 Å². The Morgan fingerprint density at radius 3 is 1.16 bits per heavy atom. The van der Waals surface area contributed by atoms with Gasteiger partial charge in [-0.15, -0.1) is 0 Å². The summed E-state index contributed by atoms with van der Waals surface area (Å²) < 4.78 is 0. The molecule has 0 fully saturated rings. The predicted molar refractivity (Wildman–Crippen MR) is 127 cm³/mol. The molecule has 0 saturated heterocycles. The van der Waals surface area contributed by atoms with Gasteiger partial charge in [-0.05, 0) is 48.5 Å². The quantitative estimate of drug-likeness (QED) is 0.357. The fourth-order valence-electron chi connectivity index (χ4n) is 4.32. The molecule has 0 unspecified atom stereocenters. The Morgan fingerprint density at radius 1 is 0.484 bits per heavy atom. The van der Waals surface area contributed by atoms with Crippen molar-refractivity contribution in [3.05, 3.63) is 126 Å². The monoisotopic (exact) mass is 422 g/mol. The molecule has 4 aromatic carbocycles. The lowest BCUT2D eigenvalue weighted by atomic mass is 10.1. The third-order valence-electron chi connectivity index (χ3n) is 5.82. The molecule has 0 aromatic heterocycles. The van der Waals surface area contributed by atoms with Crippen molar-refractivity contribution in [1.29, 1.82) is 0 Å². The minimum atomic E-state index is -2.32. The van der Waals surface area contributed by atoms with Crippen molar-refractivity contribution in [1.82, 2.24) is 4.90 Å². The lowest BCUT2D eigenvalue weighted by Crippen LogP contribution is -2.42. The van der Waals surface area contributed by atoms with Gasteiger partial charge in [0.25, 0.3) is 11.8 Å². The van der Waals surface area contributed by atoms with Crippen molar-refractivity contribution in [3.8, 4) is 0 Å². The smallest absolute Gasteiger partial charge is 0.264 e. The summed E-state index contributed by atoms with van der Waals surface area (Å²) in [5.41, 5.74) is 0.972. The fourth-order valence-corrected chi connectivity index (χ4v) is 8.43. The maximum absolute atomic E-state index is 13.3. The van der Waals surface area contributed by atoms with Crippen molar-refractivity contribution in [2.45, 2.75) is 0 Å². The van der Waals surface area contributed by atoms with E-state index in [2.05, 4.69) is 36.4 Å². The molecular formula is C27H21NO2P+. The van der Waals surface area contributed by atoms with Crippen LogP contribution < -0.4 is 15.9 Å². The van der Waals surface area contributed by atoms with Gasteiger partial charge in [-0.3, -0.25) is 9.59 Å². The summed E-state index contributed by atoms with van der Waals surface area (Å²) >= 11 is 0. The second kappa shape index (κ2) is 7.94. The van der Waals surface area contributed by atoms with Crippen LogP contribution in [0.5, 0.6) is 0 Å². The first kappa shape index (κ1) is 19.4. The molecular weight excluding hydrogens is 401 g/mol. The van der Waals surface area contributed by atoms with Gasteiger partial charge in [0, 0.05) is 0 Å². The van der Waals surface area contributed by atoms with Gasteiger partial charge >= 0.3 is 0 Å². The summed E-state index contributed by atoms with van der Waals surface area (Å²) in [5, 5.41) is 3.43. The molecule has 1 aliphatic rings. The number of benzene rings is 4. The molecule has 5 rings (SSSR count). The zero-order valence-corrected chi connectivity index (χ0v) is 17.8. The van der Waals surface area contributed by atoms with Gasteiger partial charge in [0.1, 0.15) is 23.2 Å². The van der Waals surface area contributed by atoms with Crippen LogP contribution in [-0.2, 0) is 0 Å². The van der Waals surface area contributed by atoms with Gasteiger partial charge in [-0.1, -0.05) is 66.7 Å². The first-order chi connectivity index (χ1) is 15.2. The molecule has 31 heavy (non-hydrogen) atoms. The molecule has 3 nitrogen and oxygen atoms in total. The molecule has 2 amide bonds. The first-order valence-corrected chi connectivity index (χ1v) is 12.2. The lowest BCUT2D eigenvalue weighted by Gasteiger charge is -2.30. The minimum absolute atomic E-state index is 0.215. The van der Waals surface area contributed by atoms with Crippen LogP contribution in [-0.4, -0.2) is 23.0 Å². The molecule has 0 atom stereocenters. The van der Waals surface area contributed by atoms with Crippen LogP contribution >= 0.6 is 7.26 Å². The number of amides is 2. The standard InChI is InChI=1S/C27H21NO2P/c29-26-24-18-10-11-19-25(24)27(30)28(26)20-31(21-12-4-1-5-13-21,22-14-6-2-7-15-22)23-16-8-3-9-17-23/h1-19H,20H2/q+1. The van der Waals surface area contributed by atoms with E-state index in [4.69, 9.17) is 0 Å². The van der Waals surface area contributed by atoms with Crippen LogP contribution in [0.25, 0.3) is 0 Å². The molecule has 1 aliphatic heterocycles. The van der Waals surface area contributed by atoms with Crippen molar-refractivity contribution in [2.75, 3.05) is 6.29 Å². The molecule has 4 aromatic rings. The van der Waals surface area contributed by atoms with Crippen LogP contribution in [0.15, 0.2) is 115 Å². The largest absolute Gasteiger partial charge is 0.268 e. The van der Waals surface area contributed by atoms with Crippen LogP contribution in [0.4, 0.5) is 0 Å². The van der Waals surface area contributed by atoms with E-state index >= 15 is 0 Å². The van der Waals surface area contributed by atoms with Gasteiger partial charge in [0.15, 0.2) is 6.29 Å². The molecule has 0 bridgehead atoms. The average Bonchev–Trinajstić information content (AvgIpc) is 3.09. The zero-order chi connectivity index (χ0) is 21.3. The van der Waals surface area contributed by atoms with Gasteiger partial charge in [-0.25, -0.2) is 4.90 Å². The molecule has 1 heterocycles. The molecule has 0 N–H and O–H groups in total. The average molecular weight is 422 g/mol. The highest BCUT2D eigenvalue weighted by molar-refractivity contribution is 7.95. The van der Waals surface area contributed by atoms with E-state index in [0.29, 0.717) is 17.4 Å². The summed E-state index contributed by atoms with van der Waals surface area (Å²) in [5.74, 6) is -0.430. The third-order valence-corrected chi connectivity index (χ3v) is 10.1. The van der Waals surface area contributed by atoms with E-state index in [-0.39, 0.29) is 11.8 Å². The fraction of sp³-hybridized carbons (Fsp3) is 0.0370. The Bertz CT molecular complexity index is 1110. The van der Waals surface area contributed by atoms with E-state index < -0.39 is 7.26 Å². The van der Waals surface area contributed by atoms with E-state index in [0.717, 1.165) is 15.9 Å². The number of hydrogen-bond acceptors (Lipinski definition) is 2. The molecule has 4 heteroatoms. The Kier molecular flexibility index (Phi) is 4.97. The number of carbonyl (C=O) groups excluding carboxylic acids is 2. The molecule has 150 valence electrons. The number of carbonyl (C=O) groups is 2. The van der Waals surface area contributed by atoms with Crippen molar-refractivity contribution in [2.24, 2.45) is 0 Å². The van der Waals surface area contributed by atoms with E-state index in [1.807, 2.05) is 66.7 Å². The van der Waals surface area contributed by atoms with E-state index in [9.17, 15) is 9.59 Å². The normalized spacial score (nSPS) is 13.4. The number of hydrogen-bond donors (Lipinski definition) is 0. The maximum Gasteiger partial charge on any atom is 0.264 e. The lowest BCUT2D eigenvalue weighted by molar-refractivity contribution is 0.0682. The van der Waals surface area contributed by atoms with E-state index in [1.165, 1.54) is 4.90 Å². The highest BCUT2D eigenvalue weighted by atomic mass is 31.2. The second-order valence-corrected chi connectivity index (χ2v) is 11.0. The highest BCUT2D eigenvalue weighted by Crippen LogP contribution is 2.56. The number of imide groups is 1. The maximum atomic E-state index is 13.3. The number of rotatable bonds is 5. The Morgan fingerprint density at radius 2 is 0.806 bits per heavy atom. The second-order valence-electron chi connectivity index (χ2n) is 7.54.